The summed E-state index contributed by atoms with van der Waals surface area (Å²) in [6.07, 6.45) is 8.19. The average molecular weight is 234 g/mol. The first-order valence-corrected chi connectivity index (χ1v) is 7.64. The van der Waals surface area contributed by atoms with Crippen LogP contribution in [-0.4, -0.2) is 0 Å². The zero-order valence-corrected chi connectivity index (χ0v) is 11.1. The highest BCUT2D eigenvalue weighted by molar-refractivity contribution is 5.85. The highest BCUT2D eigenvalue weighted by atomic mass is 14.7. The molecule has 0 saturated heterocycles. The lowest BCUT2D eigenvalue weighted by Crippen LogP contribution is -2.49. The van der Waals surface area contributed by atoms with E-state index in [9.17, 15) is 0 Å². The second-order valence-electron chi connectivity index (χ2n) is 7.52. The van der Waals surface area contributed by atoms with Gasteiger partial charge in [0.1, 0.15) is 0 Å². The van der Waals surface area contributed by atoms with Gasteiger partial charge in [-0.1, -0.05) is 31.1 Å². The highest BCUT2D eigenvalue weighted by Gasteiger charge is 2.63. The summed E-state index contributed by atoms with van der Waals surface area (Å²) in [5, 5.41) is 0. The Morgan fingerprint density at radius 3 is 3.00 bits per heavy atom. The van der Waals surface area contributed by atoms with Gasteiger partial charge in [-0.2, -0.15) is 0 Å². The van der Waals surface area contributed by atoms with Crippen molar-refractivity contribution in [3.63, 3.8) is 0 Å². The number of hydrogen-bond donors (Lipinski definition) is 0. The SMILES string of the molecule is CC1CC2C3=C4CC5=C3C3=C(CCC5C=C43)C12C. The van der Waals surface area contributed by atoms with E-state index in [1.165, 1.54) is 25.7 Å². The summed E-state index contributed by atoms with van der Waals surface area (Å²) in [6, 6.07) is 0. The van der Waals surface area contributed by atoms with Crippen LogP contribution >= 0.6 is 0 Å². The van der Waals surface area contributed by atoms with Gasteiger partial charge in [-0.3, -0.25) is 0 Å². The van der Waals surface area contributed by atoms with E-state index in [1.54, 1.807) is 22.3 Å². The molecule has 0 heteroatoms. The van der Waals surface area contributed by atoms with Gasteiger partial charge in [-0.25, -0.2) is 0 Å². The van der Waals surface area contributed by atoms with Crippen molar-refractivity contribution in [1.82, 2.24) is 0 Å². The summed E-state index contributed by atoms with van der Waals surface area (Å²) in [5.41, 5.74) is 13.1. The van der Waals surface area contributed by atoms with Gasteiger partial charge < -0.3 is 0 Å². The van der Waals surface area contributed by atoms with Crippen LogP contribution in [0.25, 0.3) is 0 Å². The molecular weight excluding hydrogens is 216 g/mol. The van der Waals surface area contributed by atoms with Gasteiger partial charge >= 0.3 is 0 Å². The molecule has 0 aromatic heterocycles. The average Bonchev–Trinajstić information content (AvgIpc) is 2.70. The van der Waals surface area contributed by atoms with Gasteiger partial charge in [0.25, 0.3) is 0 Å². The Hall–Kier alpha value is -1.04. The molecule has 4 unspecified atom stereocenters. The fourth-order valence-electron chi connectivity index (χ4n) is 6.19. The minimum absolute atomic E-state index is 0.531. The molecule has 0 aliphatic heterocycles. The van der Waals surface area contributed by atoms with Crippen LogP contribution in [0.1, 0.15) is 39.5 Å². The van der Waals surface area contributed by atoms with E-state index in [-0.39, 0.29) is 0 Å². The van der Waals surface area contributed by atoms with Gasteiger partial charge in [-0.05, 0) is 70.8 Å². The van der Waals surface area contributed by atoms with Gasteiger partial charge in [-0.15, -0.1) is 0 Å². The molecule has 8 aliphatic carbocycles. The van der Waals surface area contributed by atoms with Crippen LogP contribution in [0.15, 0.2) is 45.1 Å². The summed E-state index contributed by atoms with van der Waals surface area (Å²) < 4.78 is 0. The fraction of sp³-hybridized carbons (Fsp3) is 0.556. The molecule has 0 amide bonds. The van der Waals surface area contributed by atoms with Crippen LogP contribution in [0.5, 0.6) is 0 Å². The Kier molecular flexibility index (Phi) is 1.11. The van der Waals surface area contributed by atoms with Crippen molar-refractivity contribution in [3.8, 4) is 0 Å². The van der Waals surface area contributed by atoms with Crippen LogP contribution in [0.2, 0.25) is 0 Å². The van der Waals surface area contributed by atoms with E-state index in [2.05, 4.69) is 19.9 Å². The highest BCUT2D eigenvalue weighted by Crippen LogP contribution is 2.75. The smallest absolute Gasteiger partial charge is 0.000176 e. The molecule has 0 heterocycles. The van der Waals surface area contributed by atoms with E-state index in [0.29, 0.717) is 5.41 Å². The topological polar surface area (TPSA) is 0 Å². The summed E-state index contributed by atoms with van der Waals surface area (Å²) in [7, 11) is 0. The molecular formula is C18H18. The molecule has 8 rings (SSSR count). The molecule has 8 aliphatic rings. The second kappa shape index (κ2) is 2.24. The quantitative estimate of drug-likeness (QED) is 0.585. The third kappa shape index (κ3) is 0.596. The second-order valence-corrected chi connectivity index (χ2v) is 7.52. The summed E-state index contributed by atoms with van der Waals surface area (Å²) in [5.74, 6) is 2.60. The first-order valence-electron chi connectivity index (χ1n) is 7.64. The van der Waals surface area contributed by atoms with E-state index in [4.69, 9.17) is 0 Å². The van der Waals surface area contributed by atoms with E-state index < -0.39 is 0 Å². The zero-order valence-electron chi connectivity index (χ0n) is 11.1. The number of allylic oxidation sites excluding steroid dienone is 8. The van der Waals surface area contributed by atoms with Gasteiger partial charge in [0.15, 0.2) is 0 Å². The normalized spacial score (nSPS) is 49.2. The summed E-state index contributed by atoms with van der Waals surface area (Å²) >= 11 is 0. The van der Waals surface area contributed by atoms with Crippen molar-refractivity contribution in [2.24, 2.45) is 23.2 Å². The molecule has 4 atom stereocenters. The van der Waals surface area contributed by atoms with E-state index in [0.717, 1.165) is 17.8 Å². The van der Waals surface area contributed by atoms with Crippen molar-refractivity contribution in [3.05, 3.63) is 45.1 Å². The third-order valence-corrected chi connectivity index (χ3v) is 7.29. The molecule has 0 nitrogen and oxygen atoms in total. The lowest BCUT2D eigenvalue weighted by atomic mass is 9.46. The minimum atomic E-state index is 0.531. The Bertz CT molecular complexity index is 679. The lowest BCUT2D eigenvalue weighted by Gasteiger charge is -2.58. The first-order chi connectivity index (χ1) is 8.71. The predicted octanol–water partition coefficient (Wildman–Crippen LogP) is 4.32. The maximum absolute atomic E-state index is 2.63. The first kappa shape index (κ1) is 8.96. The predicted molar refractivity (Wildman–Crippen MR) is 71.9 cm³/mol. The maximum Gasteiger partial charge on any atom is 0.000176 e. The Balaban J connectivity index is 1.82. The Morgan fingerprint density at radius 1 is 1.28 bits per heavy atom. The number of hydrogen-bond acceptors (Lipinski definition) is 0. The Morgan fingerprint density at radius 2 is 2.17 bits per heavy atom. The molecule has 0 radical (unpaired) electrons. The lowest BCUT2D eigenvalue weighted by molar-refractivity contribution is 0.0312. The molecule has 0 aromatic carbocycles. The van der Waals surface area contributed by atoms with Crippen LogP contribution in [-0.2, 0) is 0 Å². The third-order valence-electron chi connectivity index (χ3n) is 7.29. The van der Waals surface area contributed by atoms with Crippen molar-refractivity contribution in [2.45, 2.75) is 39.5 Å². The van der Waals surface area contributed by atoms with Crippen molar-refractivity contribution < 1.29 is 0 Å². The molecule has 1 saturated carbocycles. The Labute approximate surface area is 108 Å². The molecule has 8 bridgehead atoms. The summed E-state index contributed by atoms with van der Waals surface area (Å²) in [6.45, 7) is 5.07. The molecule has 0 spiro atoms. The molecule has 0 aromatic rings. The minimum Gasteiger partial charge on any atom is -0.0691 e. The van der Waals surface area contributed by atoms with E-state index in [1.807, 2.05) is 16.7 Å². The number of fused-ring (bicyclic) bond motifs is 2. The van der Waals surface area contributed by atoms with Crippen molar-refractivity contribution in [2.75, 3.05) is 0 Å². The van der Waals surface area contributed by atoms with Crippen molar-refractivity contribution >= 4 is 0 Å². The van der Waals surface area contributed by atoms with Crippen molar-refractivity contribution in [1.29, 1.82) is 0 Å². The molecule has 0 N–H and O–H groups in total. The van der Waals surface area contributed by atoms with Crippen LogP contribution in [0.4, 0.5) is 0 Å². The molecule has 18 heavy (non-hydrogen) atoms. The maximum atomic E-state index is 2.63. The zero-order chi connectivity index (χ0) is 11.8. The van der Waals surface area contributed by atoms with Crippen LogP contribution < -0.4 is 0 Å². The van der Waals surface area contributed by atoms with Crippen LogP contribution in [0.3, 0.4) is 0 Å². The van der Waals surface area contributed by atoms with Gasteiger partial charge in [0.2, 0.25) is 0 Å². The largest absolute Gasteiger partial charge is 0.0691 e. The molecule has 90 valence electrons. The van der Waals surface area contributed by atoms with Gasteiger partial charge in [0, 0.05) is 5.92 Å². The van der Waals surface area contributed by atoms with Gasteiger partial charge in [0.05, 0.1) is 0 Å². The standard InChI is InChI=1S/C18H18/c1-8-5-14-16-12-7-10-9-3-4-13(18(8,14)2)15(17(10)16)11(12)6-9/h6,8-9,14H,3-5,7H2,1-2H3. The number of rotatable bonds is 0. The van der Waals surface area contributed by atoms with Crippen LogP contribution in [0, 0.1) is 23.2 Å². The summed E-state index contributed by atoms with van der Waals surface area (Å²) in [4.78, 5) is 0. The fourth-order valence-corrected chi connectivity index (χ4v) is 6.19. The molecule has 1 fully saturated rings. The monoisotopic (exact) mass is 234 g/mol. The van der Waals surface area contributed by atoms with E-state index >= 15 is 0 Å².